The van der Waals surface area contributed by atoms with Gasteiger partial charge in [-0.2, -0.15) is 0 Å². The Balaban J connectivity index is 1.50. The average Bonchev–Trinajstić information content (AvgIpc) is 3.54. The largest absolute Gasteiger partial charge is 0.478 e. The fourth-order valence-electron chi connectivity index (χ4n) is 4.74. The Hall–Kier alpha value is -3.57. The van der Waals surface area contributed by atoms with E-state index in [1.807, 2.05) is 0 Å². The van der Waals surface area contributed by atoms with E-state index >= 15 is 0 Å². The number of carboxylic acid groups (broad SMARTS) is 2. The first kappa shape index (κ1) is 27.5. The van der Waals surface area contributed by atoms with Crippen molar-refractivity contribution in [1.82, 2.24) is 4.98 Å². The van der Waals surface area contributed by atoms with Crippen LogP contribution >= 0.6 is 11.3 Å². The fourth-order valence-corrected chi connectivity index (χ4v) is 6.17. The number of carboxylic acids is 2. The highest BCUT2D eigenvalue weighted by Gasteiger charge is 2.28. The van der Waals surface area contributed by atoms with Gasteiger partial charge >= 0.3 is 11.9 Å². The number of nitrogens with zero attached hydrogens (tertiary/aromatic N) is 1. The molecule has 0 amide bonds. The van der Waals surface area contributed by atoms with Crippen molar-refractivity contribution >= 4 is 38.9 Å². The van der Waals surface area contributed by atoms with Crippen LogP contribution in [0.2, 0.25) is 0 Å². The molecule has 1 fully saturated rings. The summed E-state index contributed by atoms with van der Waals surface area (Å²) in [4.78, 5) is 40.6. The van der Waals surface area contributed by atoms with E-state index in [4.69, 9.17) is 4.74 Å². The van der Waals surface area contributed by atoms with Gasteiger partial charge in [0, 0.05) is 12.2 Å². The second-order valence-corrected chi connectivity index (χ2v) is 12.5. The van der Waals surface area contributed by atoms with Gasteiger partial charge in [-0.1, -0.05) is 49.2 Å². The minimum absolute atomic E-state index is 0.0242. The minimum Gasteiger partial charge on any atom is -0.478 e. The number of carbonyl (C=O) groups excluding carboxylic acids is 1. The molecular weight excluding hydrogens is 530 g/mol. The number of ether oxygens (including phenoxy) is 1. The number of carbonyl (C=O) groups is 3. The van der Waals surface area contributed by atoms with Gasteiger partial charge in [0.2, 0.25) is 5.06 Å². The molecule has 11 heteroatoms. The molecule has 0 unspecified atom stereocenters. The van der Waals surface area contributed by atoms with Crippen LogP contribution in [0.25, 0.3) is 0 Å². The van der Waals surface area contributed by atoms with Gasteiger partial charge in [0.15, 0.2) is 9.84 Å². The van der Waals surface area contributed by atoms with Gasteiger partial charge in [0.05, 0.1) is 28.6 Å². The second kappa shape index (κ2) is 11.4. The summed E-state index contributed by atoms with van der Waals surface area (Å²) in [6.07, 6.45) is 7.77. The van der Waals surface area contributed by atoms with Crippen LogP contribution in [0.5, 0.6) is 10.8 Å². The summed E-state index contributed by atoms with van der Waals surface area (Å²) in [5, 5.41) is 19.3. The van der Waals surface area contributed by atoms with Gasteiger partial charge in [-0.05, 0) is 48.2 Å². The number of thiazole rings is 1. The molecule has 3 aromatic rings. The maximum absolute atomic E-state index is 13.5. The van der Waals surface area contributed by atoms with Crippen molar-refractivity contribution in [3.63, 3.8) is 0 Å². The molecule has 1 aliphatic carbocycles. The van der Waals surface area contributed by atoms with E-state index < -0.39 is 27.3 Å². The van der Waals surface area contributed by atoms with Crippen LogP contribution in [0.15, 0.2) is 53.6 Å². The first-order valence-electron chi connectivity index (χ1n) is 12.1. The Labute approximate surface area is 224 Å². The number of aromatic nitrogens is 1. The number of benzene rings is 2. The molecule has 2 aromatic carbocycles. The highest BCUT2D eigenvalue weighted by molar-refractivity contribution is 7.90. The normalized spacial score (nSPS) is 14.8. The van der Waals surface area contributed by atoms with Crippen molar-refractivity contribution in [2.24, 2.45) is 5.92 Å². The Morgan fingerprint density at radius 2 is 1.68 bits per heavy atom. The zero-order valence-electron chi connectivity index (χ0n) is 20.6. The quantitative estimate of drug-likeness (QED) is 0.324. The van der Waals surface area contributed by atoms with Crippen molar-refractivity contribution in [2.75, 3.05) is 6.26 Å². The lowest BCUT2D eigenvalue weighted by Gasteiger charge is -2.20. The van der Waals surface area contributed by atoms with Gasteiger partial charge in [-0.25, -0.2) is 23.0 Å². The summed E-state index contributed by atoms with van der Waals surface area (Å²) in [6, 6.07) is 10.2. The second-order valence-electron chi connectivity index (χ2n) is 9.42. The number of hydrogen-bond acceptors (Lipinski definition) is 8. The highest BCUT2D eigenvalue weighted by atomic mass is 32.2. The summed E-state index contributed by atoms with van der Waals surface area (Å²) in [6.45, 7) is 0. The van der Waals surface area contributed by atoms with Crippen LogP contribution in [0.4, 0.5) is 0 Å². The molecule has 1 saturated carbocycles. The number of rotatable bonds is 11. The number of aromatic carboxylic acids is 2. The third-order valence-corrected chi connectivity index (χ3v) is 8.67. The predicted octanol–water partition coefficient (Wildman–Crippen LogP) is 5.21. The molecular formula is C27H27NO8S2. The summed E-state index contributed by atoms with van der Waals surface area (Å²) >= 11 is 1.14. The standard InChI is InChI=1S/C27H27NO8S2/c1-38(34,35)19-9-6-17(7-10-19)21(12-16-4-2-3-5-16)23(29)14-24-28-15-25(37-24)36-18-8-11-20(26(30)31)22(13-18)27(32)33/h6-11,13,15-16,21H,2-5,12,14H2,1H3,(H,30,31)(H,32,33)/t21-/m1/s1. The Kier molecular flexibility index (Phi) is 8.27. The fraction of sp³-hybridized carbons (Fsp3) is 0.333. The molecule has 2 N–H and O–H groups in total. The summed E-state index contributed by atoms with van der Waals surface area (Å²) < 4.78 is 29.4. The van der Waals surface area contributed by atoms with Crippen molar-refractivity contribution in [3.05, 3.63) is 70.4 Å². The molecule has 0 saturated heterocycles. The van der Waals surface area contributed by atoms with Gasteiger partial charge in [0.25, 0.3) is 0 Å². The van der Waals surface area contributed by atoms with E-state index in [9.17, 15) is 33.0 Å². The average molecular weight is 558 g/mol. The first-order valence-corrected chi connectivity index (χ1v) is 14.8. The van der Waals surface area contributed by atoms with Crippen LogP contribution in [0, 0.1) is 5.92 Å². The molecule has 1 heterocycles. The minimum atomic E-state index is -3.34. The van der Waals surface area contributed by atoms with Crippen molar-refractivity contribution in [2.45, 2.75) is 49.3 Å². The smallest absolute Gasteiger partial charge is 0.336 e. The zero-order valence-corrected chi connectivity index (χ0v) is 22.3. The highest BCUT2D eigenvalue weighted by Crippen LogP contribution is 2.36. The first-order chi connectivity index (χ1) is 18.0. The van der Waals surface area contributed by atoms with Gasteiger partial charge in [0.1, 0.15) is 16.5 Å². The van der Waals surface area contributed by atoms with Crippen molar-refractivity contribution in [3.8, 4) is 10.8 Å². The molecule has 1 aromatic heterocycles. The topological polar surface area (TPSA) is 148 Å². The van der Waals surface area contributed by atoms with Crippen LogP contribution in [-0.2, 0) is 21.1 Å². The summed E-state index contributed by atoms with van der Waals surface area (Å²) in [5.41, 5.74) is 0.0342. The Morgan fingerprint density at radius 3 is 2.29 bits per heavy atom. The molecule has 0 bridgehead atoms. The van der Waals surface area contributed by atoms with Crippen LogP contribution in [0.3, 0.4) is 0 Å². The van der Waals surface area contributed by atoms with Crippen molar-refractivity contribution < 1.29 is 37.8 Å². The van der Waals surface area contributed by atoms with Crippen molar-refractivity contribution in [1.29, 1.82) is 0 Å². The summed E-state index contributed by atoms with van der Waals surface area (Å²) in [5.74, 6) is -2.58. The molecule has 0 radical (unpaired) electrons. The lowest BCUT2D eigenvalue weighted by molar-refractivity contribution is -0.120. The monoisotopic (exact) mass is 557 g/mol. The molecule has 1 aliphatic rings. The van der Waals surface area contributed by atoms with Crippen LogP contribution < -0.4 is 4.74 Å². The molecule has 0 aliphatic heterocycles. The molecule has 0 spiro atoms. The van der Waals surface area contributed by atoms with E-state index in [0.717, 1.165) is 61.0 Å². The lowest BCUT2D eigenvalue weighted by atomic mass is 9.84. The van der Waals surface area contributed by atoms with Crippen LogP contribution in [-0.4, -0.2) is 47.6 Å². The molecule has 38 heavy (non-hydrogen) atoms. The number of sulfone groups is 1. The zero-order chi connectivity index (χ0) is 27.4. The van der Waals surface area contributed by atoms with Gasteiger partial charge < -0.3 is 14.9 Å². The van der Waals surface area contributed by atoms with Crippen LogP contribution in [0.1, 0.15) is 69.3 Å². The Morgan fingerprint density at radius 1 is 1.03 bits per heavy atom. The van der Waals surface area contributed by atoms with E-state index in [1.54, 1.807) is 12.1 Å². The maximum Gasteiger partial charge on any atom is 0.336 e. The third kappa shape index (κ3) is 6.65. The van der Waals surface area contributed by atoms with E-state index in [0.29, 0.717) is 22.4 Å². The van der Waals surface area contributed by atoms with E-state index in [1.165, 1.54) is 24.4 Å². The number of hydrogen-bond donors (Lipinski definition) is 2. The number of Topliss-reactive ketones (excluding diaryl/α,β-unsaturated/α-hetero) is 1. The van der Waals surface area contributed by atoms with Gasteiger partial charge in [-0.3, -0.25) is 4.79 Å². The summed E-state index contributed by atoms with van der Waals surface area (Å²) in [7, 11) is -3.34. The predicted molar refractivity (Wildman–Crippen MR) is 140 cm³/mol. The maximum atomic E-state index is 13.5. The molecule has 9 nitrogen and oxygen atoms in total. The van der Waals surface area contributed by atoms with E-state index in [-0.39, 0.29) is 34.3 Å². The molecule has 1 atom stereocenters. The van der Waals surface area contributed by atoms with E-state index in [2.05, 4.69) is 4.98 Å². The molecule has 200 valence electrons. The van der Waals surface area contributed by atoms with Gasteiger partial charge in [-0.15, -0.1) is 0 Å². The Bertz CT molecular complexity index is 1450. The SMILES string of the molecule is CS(=O)(=O)c1ccc([C@@H](CC2CCCC2)C(=O)Cc2ncc(Oc3ccc(C(=O)O)c(C(=O)O)c3)s2)cc1. The lowest BCUT2D eigenvalue weighted by Crippen LogP contribution is -2.18. The third-order valence-electron chi connectivity index (χ3n) is 6.67. The molecule has 4 rings (SSSR count). The number of ketones is 1.